The van der Waals surface area contributed by atoms with Crippen molar-refractivity contribution in [3.05, 3.63) is 109 Å². The van der Waals surface area contributed by atoms with Crippen molar-refractivity contribution in [2.24, 2.45) is 0 Å². The monoisotopic (exact) mass is 424 g/mol. The molecule has 0 atom stereocenters. The number of esters is 2. The summed E-state index contributed by atoms with van der Waals surface area (Å²) in [5, 5.41) is 0. The van der Waals surface area contributed by atoms with Crippen molar-refractivity contribution in [1.82, 2.24) is 0 Å². The summed E-state index contributed by atoms with van der Waals surface area (Å²) in [4.78, 5) is 22.6. The van der Waals surface area contributed by atoms with Crippen molar-refractivity contribution < 1.29 is 19.1 Å². The summed E-state index contributed by atoms with van der Waals surface area (Å²) in [6.45, 7) is 8.78. The molecule has 0 aliphatic rings. The summed E-state index contributed by atoms with van der Waals surface area (Å²) in [7, 11) is 0. The third-order valence-corrected chi connectivity index (χ3v) is 4.67. The zero-order valence-corrected chi connectivity index (χ0v) is 17.9. The highest BCUT2D eigenvalue weighted by Gasteiger charge is 2.04. The second kappa shape index (κ2) is 10.7. The zero-order chi connectivity index (χ0) is 22.9. The Morgan fingerprint density at radius 3 is 1.75 bits per heavy atom. The van der Waals surface area contributed by atoms with E-state index in [4.69, 9.17) is 9.47 Å². The number of hydrogen-bond donors (Lipinski definition) is 0. The van der Waals surface area contributed by atoms with Crippen LogP contribution in [0.4, 0.5) is 0 Å². The molecule has 3 aromatic carbocycles. The lowest BCUT2D eigenvalue weighted by Crippen LogP contribution is -2.04. The molecule has 0 saturated carbocycles. The van der Waals surface area contributed by atoms with E-state index in [0.717, 1.165) is 33.9 Å². The summed E-state index contributed by atoms with van der Waals surface area (Å²) in [5.41, 5.74) is 5.72. The average Bonchev–Trinajstić information content (AvgIpc) is 2.82. The molecule has 0 N–H and O–H groups in total. The molecule has 0 aliphatic heterocycles. The summed E-state index contributed by atoms with van der Waals surface area (Å²) < 4.78 is 10.1. The molecule has 0 spiro atoms. The maximum atomic E-state index is 11.4. The van der Waals surface area contributed by atoms with Crippen LogP contribution in [0, 0.1) is 0 Å². The minimum atomic E-state index is -0.477. The molecule has 0 aromatic heterocycles. The number of benzene rings is 3. The highest BCUT2D eigenvalue weighted by molar-refractivity contribution is 5.87. The summed E-state index contributed by atoms with van der Waals surface area (Å²) in [6, 6.07) is 23.7. The molecule has 0 unspecified atom stereocenters. The number of carbonyl (C=O) groups excluding carboxylic acids is 2. The van der Waals surface area contributed by atoms with Gasteiger partial charge in [0.1, 0.15) is 12.4 Å². The molecule has 0 saturated heterocycles. The molecule has 0 bridgehead atoms. The Bertz CT molecular complexity index is 1140. The molecule has 4 nitrogen and oxygen atoms in total. The largest absolute Gasteiger partial charge is 0.458 e. The minimum Gasteiger partial charge on any atom is -0.458 e. The van der Waals surface area contributed by atoms with Crippen LogP contribution >= 0.6 is 0 Å². The maximum absolute atomic E-state index is 11.4. The van der Waals surface area contributed by atoms with Gasteiger partial charge in [-0.15, -0.1) is 0 Å². The lowest BCUT2D eigenvalue weighted by molar-refractivity contribution is -0.137. The van der Waals surface area contributed by atoms with E-state index in [1.807, 2.05) is 30.3 Å². The molecule has 0 heterocycles. The van der Waals surface area contributed by atoms with Gasteiger partial charge in [0.25, 0.3) is 0 Å². The lowest BCUT2D eigenvalue weighted by Gasteiger charge is -2.07. The molecule has 0 fully saturated rings. The molecule has 0 amide bonds. The van der Waals surface area contributed by atoms with Gasteiger partial charge in [0, 0.05) is 11.6 Å². The van der Waals surface area contributed by atoms with Crippen LogP contribution in [0.5, 0.6) is 5.75 Å². The Hall–Kier alpha value is -4.18. The fourth-order valence-electron chi connectivity index (χ4n) is 2.95. The molecule has 160 valence electrons. The van der Waals surface area contributed by atoms with Crippen molar-refractivity contribution >= 4 is 18.0 Å². The first kappa shape index (κ1) is 22.5. The van der Waals surface area contributed by atoms with E-state index in [-0.39, 0.29) is 12.6 Å². The number of carbonyl (C=O) groups is 2. The van der Waals surface area contributed by atoms with Gasteiger partial charge in [-0.1, -0.05) is 79.9 Å². The normalized spacial score (nSPS) is 10.5. The zero-order valence-electron chi connectivity index (χ0n) is 17.9. The summed E-state index contributed by atoms with van der Waals surface area (Å²) >= 11 is 0. The molecule has 4 heteroatoms. The van der Waals surface area contributed by atoms with E-state index < -0.39 is 5.97 Å². The molecule has 3 aromatic rings. The van der Waals surface area contributed by atoms with Gasteiger partial charge in [-0.25, -0.2) is 9.59 Å². The number of rotatable bonds is 8. The van der Waals surface area contributed by atoms with Gasteiger partial charge in [-0.05, 0) is 52.9 Å². The summed E-state index contributed by atoms with van der Waals surface area (Å²) in [6.07, 6.45) is 4.85. The van der Waals surface area contributed by atoms with Crippen LogP contribution in [-0.2, 0) is 14.3 Å². The minimum absolute atomic E-state index is 0.215. The van der Waals surface area contributed by atoms with Gasteiger partial charge in [0.15, 0.2) is 0 Å². The van der Waals surface area contributed by atoms with Crippen molar-refractivity contribution in [2.75, 3.05) is 6.61 Å². The lowest BCUT2D eigenvalue weighted by atomic mass is 9.99. The fourth-order valence-corrected chi connectivity index (χ4v) is 2.95. The van der Waals surface area contributed by atoms with E-state index in [9.17, 15) is 9.59 Å². The second-order valence-electron chi connectivity index (χ2n) is 7.13. The van der Waals surface area contributed by atoms with Crippen LogP contribution < -0.4 is 4.74 Å². The molecule has 3 rings (SSSR count). The number of hydrogen-bond acceptors (Lipinski definition) is 4. The Balaban J connectivity index is 1.62. The van der Waals surface area contributed by atoms with Crippen molar-refractivity contribution in [1.29, 1.82) is 0 Å². The van der Waals surface area contributed by atoms with E-state index in [2.05, 4.69) is 49.6 Å². The smallest absolute Gasteiger partial charge is 0.335 e. The van der Waals surface area contributed by atoms with Crippen LogP contribution in [0.25, 0.3) is 28.3 Å². The van der Waals surface area contributed by atoms with Gasteiger partial charge in [-0.2, -0.15) is 0 Å². The Morgan fingerprint density at radius 1 is 0.812 bits per heavy atom. The van der Waals surface area contributed by atoms with Crippen LogP contribution in [0.15, 0.2) is 104 Å². The van der Waals surface area contributed by atoms with Gasteiger partial charge in [-0.3, -0.25) is 0 Å². The molecule has 0 aliphatic carbocycles. The quantitative estimate of drug-likeness (QED) is 0.244. The second-order valence-corrected chi connectivity index (χ2v) is 7.13. The molecule has 0 radical (unpaired) electrons. The van der Waals surface area contributed by atoms with E-state index >= 15 is 0 Å². The Morgan fingerprint density at radius 2 is 1.28 bits per heavy atom. The van der Waals surface area contributed by atoms with Gasteiger partial charge in [0.05, 0.1) is 0 Å². The Labute approximate surface area is 188 Å². The predicted molar refractivity (Wildman–Crippen MR) is 128 cm³/mol. The highest BCUT2D eigenvalue weighted by atomic mass is 16.5. The maximum Gasteiger partial charge on any atom is 0.335 e. The average molecular weight is 424 g/mol. The third-order valence-electron chi connectivity index (χ3n) is 4.67. The van der Waals surface area contributed by atoms with Gasteiger partial charge in [0.2, 0.25) is 0 Å². The van der Waals surface area contributed by atoms with Crippen LogP contribution in [0.1, 0.15) is 12.5 Å². The van der Waals surface area contributed by atoms with Gasteiger partial charge < -0.3 is 9.47 Å². The first-order valence-corrected chi connectivity index (χ1v) is 10.1. The van der Waals surface area contributed by atoms with Gasteiger partial charge >= 0.3 is 11.9 Å². The SMILES string of the molecule is C=CC(=O)Oc1ccc(-c2ccc(-c3ccc(/C=C/COC(=O)C(=C)C)cc3)cc2)cc1. The first-order chi connectivity index (χ1) is 15.5. The first-order valence-electron chi connectivity index (χ1n) is 10.1. The third kappa shape index (κ3) is 6.16. The van der Waals surface area contributed by atoms with E-state index in [1.165, 1.54) is 0 Å². The van der Waals surface area contributed by atoms with Crippen molar-refractivity contribution in [2.45, 2.75) is 6.92 Å². The predicted octanol–water partition coefficient (Wildman–Crippen LogP) is 6.24. The standard InChI is InChI=1S/C28H24O4/c1-4-27(29)32-26-17-15-25(16-18-26)24-13-11-23(12-14-24)22-9-7-21(8-10-22)6-5-19-31-28(30)20(2)3/h4-18H,1-2,19H2,3H3/b6-5+. The molecule has 32 heavy (non-hydrogen) atoms. The fraction of sp³-hybridized carbons (Fsp3) is 0.0714. The van der Waals surface area contributed by atoms with Crippen LogP contribution in [0.2, 0.25) is 0 Å². The highest BCUT2D eigenvalue weighted by Crippen LogP contribution is 2.26. The van der Waals surface area contributed by atoms with Crippen molar-refractivity contribution in [3.63, 3.8) is 0 Å². The molecular formula is C28H24O4. The number of ether oxygens (including phenoxy) is 2. The Kier molecular flexibility index (Phi) is 7.55. The van der Waals surface area contributed by atoms with Crippen LogP contribution in [0.3, 0.4) is 0 Å². The molecular weight excluding hydrogens is 400 g/mol. The van der Waals surface area contributed by atoms with Crippen LogP contribution in [-0.4, -0.2) is 18.5 Å². The topological polar surface area (TPSA) is 52.6 Å². The summed E-state index contributed by atoms with van der Waals surface area (Å²) in [5.74, 6) is -0.381. The van der Waals surface area contributed by atoms with Crippen molar-refractivity contribution in [3.8, 4) is 28.0 Å². The van der Waals surface area contributed by atoms with E-state index in [0.29, 0.717) is 11.3 Å². The van der Waals surface area contributed by atoms with E-state index in [1.54, 1.807) is 25.1 Å².